The number of hydrogen-bond acceptors (Lipinski definition) is 12. The summed E-state index contributed by atoms with van der Waals surface area (Å²) >= 11 is 0. The van der Waals surface area contributed by atoms with Crippen LogP contribution < -0.4 is 16.0 Å². The van der Waals surface area contributed by atoms with Crippen molar-refractivity contribution in [1.29, 1.82) is 0 Å². The summed E-state index contributed by atoms with van der Waals surface area (Å²) < 4.78 is 104. The first-order chi connectivity index (χ1) is 48.5. The Morgan fingerprint density at radius 2 is 1.17 bits per heavy atom. The molecule has 1 unspecified atom stereocenters. The summed E-state index contributed by atoms with van der Waals surface area (Å²) in [7, 11) is 9.40. The molecule has 4 saturated carbocycles. The molecule has 0 bridgehead atoms. The van der Waals surface area contributed by atoms with Gasteiger partial charge in [0.05, 0.1) is 32.6 Å². The summed E-state index contributed by atoms with van der Waals surface area (Å²) in [6.45, 7) is 0.667. The van der Waals surface area contributed by atoms with Crippen molar-refractivity contribution in [3.8, 4) is 0 Å². The molecule has 4 aliphatic carbocycles. The number of nitrogens with one attached hydrogen (secondary N) is 3. The van der Waals surface area contributed by atoms with Crippen LogP contribution in [0.4, 0.5) is 30.7 Å². The van der Waals surface area contributed by atoms with Gasteiger partial charge in [0.1, 0.15) is 65.0 Å². The lowest BCUT2D eigenvalue weighted by Crippen LogP contribution is -2.65. The number of likely N-dealkylation sites (tertiary alicyclic amines) is 1. The van der Waals surface area contributed by atoms with E-state index < -0.39 is 217 Å². The zero-order chi connectivity index (χ0) is 75.7. The highest BCUT2D eigenvalue weighted by molar-refractivity contribution is 6.01. The van der Waals surface area contributed by atoms with Crippen LogP contribution in [0.3, 0.4) is 0 Å². The number of amides is 12. The lowest BCUT2D eigenvalue weighted by Gasteiger charge is -2.43. The molecule has 31 heteroatoms. The number of rotatable bonds is 10. The van der Waals surface area contributed by atoms with E-state index in [2.05, 4.69) is 16.0 Å². The molecule has 1 spiro atoms. The van der Waals surface area contributed by atoms with Gasteiger partial charge in [0.2, 0.25) is 70.9 Å². The normalized spacial score (nSPS) is 27.7. The highest BCUT2D eigenvalue weighted by Crippen LogP contribution is 2.40. The Morgan fingerprint density at radius 3 is 1.74 bits per heavy atom. The zero-order valence-corrected chi connectivity index (χ0v) is 61.0. The third kappa shape index (κ3) is 19.3. The first-order valence-corrected chi connectivity index (χ1v) is 36.7. The minimum atomic E-state index is -5.46. The minimum absolute atomic E-state index is 0.0661. The molecule has 8 rings (SSSR count). The van der Waals surface area contributed by atoms with Crippen molar-refractivity contribution < 1.29 is 88.3 Å². The molecule has 3 heterocycles. The third-order valence-electron chi connectivity index (χ3n) is 23.0. The summed E-state index contributed by atoms with van der Waals surface area (Å²) in [6.07, 6.45) is 2.16. The maximum Gasteiger partial charge on any atom is 0.422 e. The fraction of sp³-hybridized carbons (Fsp3) is 0.750. The Labute approximate surface area is 598 Å². The predicted molar refractivity (Wildman–Crippen MR) is 362 cm³/mol. The first-order valence-electron chi connectivity index (χ1n) is 36.7. The van der Waals surface area contributed by atoms with Crippen LogP contribution >= 0.6 is 0 Å². The zero-order valence-electron chi connectivity index (χ0n) is 61.0. The number of alkyl halides is 5. The molecule has 3 aliphatic heterocycles. The lowest BCUT2D eigenvalue weighted by molar-refractivity contribution is -0.157. The maximum atomic E-state index is 16.2. The van der Waals surface area contributed by atoms with Crippen LogP contribution in [0.25, 0.3) is 0 Å². The van der Waals surface area contributed by atoms with Crippen molar-refractivity contribution >= 4 is 70.9 Å². The van der Waals surface area contributed by atoms with Gasteiger partial charge in [-0.3, -0.25) is 57.5 Å². The summed E-state index contributed by atoms with van der Waals surface area (Å²) in [6, 6.07) is -9.83. The first kappa shape index (κ1) is 81.0. The highest BCUT2D eigenvalue weighted by Gasteiger charge is 2.56. The third-order valence-corrected chi connectivity index (χ3v) is 23.0. The highest BCUT2D eigenvalue weighted by atomic mass is 19.4. The van der Waals surface area contributed by atoms with Crippen molar-refractivity contribution in [2.45, 2.75) is 234 Å². The van der Waals surface area contributed by atoms with Gasteiger partial charge in [0.25, 0.3) is 5.92 Å². The standard InChI is InChI=1S/C72H105F7N12O12/c1-10-43(2)59-67(101)85(5)40-56(94)83(3)41-57(95)86(6)51(36-44-22-13-11-14-23-44)65(99)84(4)39-54(92)80-50(29-28-45-34-48(73)58(49(74)35-45)72(77,78)79)64(98)91-42-71(75,76)38-53(91)62(96)82-70(30-17-18-31-70)69(103)89(9)61(47-24-15-12-16-25-47)68(102)87(7)52(66(100)90-32-19-20-33-90)37-55(93)88(8)60(63(97)81-59)46-26-21-27-46/h34-35,43-44,46-47,50-53,59-61H,10-33,36-42H2,1-9H3,(H,80,92)(H,81,97)(H,82,96)/t43-,50-,51-,52-,53?,59-,60-,61-/m0/s1. The minimum Gasteiger partial charge on any atom is -0.343 e. The number of carbonyl (C=O) groups is 12. The average Bonchev–Trinajstić information content (AvgIpc) is 1.69. The number of likely N-dealkylation sites (N-methyl/N-ethyl adjacent to an activating group) is 7. The topological polar surface area (TPSA) is 270 Å². The van der Waals surface area contributed by atoms with E-state index in [1.807, 2.05) is 6.92 Å². The van der Waals surface area contributed by atoms with Crippen LogP contribution in [-0.4, -0.2) is 257 Å². The number of nitrogens with zero attached hydrogens (tertiary/aromatic N) is 9. The quantitative estimate of drug-likeness (QED) is 0.240. The van der Waals surface area contributed by atoms with Crippen LogP contribution in [0.2, 0.25) is 0 Å². The molecule has 7 aliphatic rings. The number of fused-ring (bicyclic) bond motifs is 1. The number of hydrogen-bond donors (Lipinski definition) is 3. The van der Waals surface area contributed by atoms with Gasteiger partial charge in [0, 0.05) is 68.8 Å². The van der Waals surface area contributed by atoms with E-state index in [4.69, 9.17) is 0 Å². The van der Waals surface area contributed by atoms with E-state index in [-0.39, 0.29) is 31.1 Å². The van der Waals surface area contributed by atoms with Crippen LogP contribution in [0, 0.1) is 35.3 Å². The largest absolute Gasteiger partial charge is 0.422 e. The van der Waals surface area contributed by atoms with Gasteiger partial charge in [-0.15, -0.1) is 0 Å². The van der Waals surface area contributed by atoms with Crippen molar-refractivity contribution in [2.24, 2.45) is 23.7 Å². The number of carbonyl (C=O) groups excluding carboxylic acids is 12. The number of benzene rings is 1. The average molecular weight is 1460 g/mol. The van der Waals surface area contributed by atoms with E-state index in [0.29, 0.717) is 114 Å². The van der Waals surface area contributed by atoms with Crippen molar-refractivity contribution in [3.63, 3.8) is 0 Å². The summed E-state index contributed by atoms with van der Waals surface area (Å²) in [5, 5.41) is 8.05. The van der Waals surface area contributed by atoms with Gasteiger partial charge >= 0.3 is 6.18 Å². The monoisotopic (exact) mass is 1460 g/mol. The molecular formula is C72H105F7N12O12. The molecule has 0 radical (unpaired) electrons. The van der Waals surface area contributed by atoms with Gasteiger partial charge in [-0.25, -0.2) is 17.6 Å². The number of aryl methyl sites for hydroxylation is 1. The van der Waals surface area contributed by atoms with Gasteiger partial charge < -0.3 is 60.0 Å². The van der Waals surface area contributed by atoms with E-state index in [0.717, 1.165) is 56.6 Å². The second kappa shape index (κ2) is 34.5. The van der Waals surface area contributed by atoms with Crippen LogP contribution in [0.15, 0.2) is 12.1 Å². The molecule has 3 saturated heterocycles. The molecule has 574 valence electrons. The molecule has 3 N–H and O–H groups in total. The SMILES string of the molecule is CC[C@H](C)[C@@H]1NC(=O)[C@H](C2CCC2)N(C)C(=O)C[C@@H](C(=O)N2CCCC2)N(C)C(=O)[C@H](C2CCCCC2)N(C)C(=O)C2(CCCC2)NC(=O)C2CC(F)(F)CN2C(=O)[C@H](CCc2cc(F)c(C(F)(F)F)c(F)c2)NC(=O)CN(C)C(=O)[C@H](CC2CCCCC2)N(C)C(=O)CN(C)C(=O)CN(C)C1=O. The summed E-state index contributed by atoms with van der Waals surface area (Å²) in [5.74, 6) is -19.4. The molecular weight excluding hydrogens is 1360 g/mol. The van der Waals surface area contributed by atoms with Crippen LogP contribution in [0.5, 0.6) is 0 Å². The van der Waals surface area contributed by atoms with E-state index in [9.17, 15) is 46.7 Å². The molecule has 8 atom stereocenters. The maximum absolute atomic E-state index is 16.2. The van der Waals surface area contributed by atoms with E-state index in [1.54, 1.807) is 11.8 Å². The van der Waals surface area contributed by atoms with E-state index >= 15 is 41.5 Å². The molecule has 0 aromatic heterocycles. The molecule has 1 aromatic rings. The van der Waals surface area contributed by atoms with Crippen LogP contribution in [-0.2, 0) is 70.1 Å². The molecule has 103 heavy (non-hydrogen) atoms. The Morgan fingerprint density at radius 1 is 0.602 bits per heavy atom. The fourth-order valence-electron chi connectivity index (χ4n) is 16.3. The molecule has 7 fully saturated rings. The van der Waals surface area contributed by atoms with E-state index in [1.165, 1.54) is 59.1 Å². The van der Waals surface area contributed by atoms with Crippen LogP contribution in [0.1, 0.15) is 179 Å². The second-order valence-corrected chi connectivity index (χ2v) is 30.3. The van der Waals surface area contributed by atoms with Gasteiger partial charge in [0.15, 0.2) is 0 Å². The molecule has 1 aromatic carbocycles. The predicted octanol–water partition coefficient (Wildman–Crippen LogP) is 5.66. The van der Waals surface area contributed by atoms with Gasteiger partial charge in [-0.1, -0.05) is 90.9 Å². The Bertz CT molecular complexity index is 3280. The smallest absolute Gasteiger partial charge is 0.343 e. The molecule has 24 nitrogen and oxygen atoms in total. The number of halogens is 7. The van der Waals surface area contributed by atoms with Crippen molar-refractivity contribution in [2.75, 3.05) is 88.6 Å². The summed E-state index contributed by atoms with van der Waals surface area (Å²) in [4.78, 5) is 189. The van der Waals surface area contributed by atoms with Crippen molar-refractivity contribution in [1.82, 2.24) is 60.0 Å². The van der Waals surface area contributed by atoms with Crippen molar-refractivity contribution in [3.05, 3.63) is 34.9 Å². The summed E-state index contributed by atoms with van der Waals surface area (Å²) in [5.41, 5.74) is -4.55. The fourth-order valence-corrected chi connectivity index (χ4v) is 16.3. The Hall–Kier alpha value is -7.63. The Kier molecular flexibility index (Phi) is 27.2. The lowest BCUT2D eigenvalue weighted by atomic mass is 9.78. The Balaban J connectivity index is 1.19. The molecule has 12 amide bonds. The second-order valence-electron chi connectivity index (χ2n) is 30.3. The van der Waals surface area contributed by atoms with Gasteiger partial charge in [-0.2, -0.15) is 13.2 Å². The van der Waals surface area contributed by atoms with Gasteiger partial charge in [-0.05, 0) is 112 Å².